The van der Waals surface area contributed by atoms with Gasteiger partial charge in [0.2, 0.25) is 0 Å². The van der Waals surface area contributed by atoms with Crippen LogP contribution in [0.2, 0.25) is 0 Å². The number of amides is 2. The molecule has 0 bridgehead atoms. The summed E-state index contributed by atoms with van der Waals surface area (Å²) >= 11 is 3.41. The van der Waals surface area contributed by atoms with E-state index in [0.29, 0.717) is 6.04 Å². The SMILES string of the molecule is Cc1cc(Br)ccc1NC(=O)NC1CCCC1. The van der Waals surface area contributed by atoms with Crippen LogP contribution in [0, 0.1) is 6.92 Å². The van der Waals surface area contributed by atoms with Gasteiger partial charge in [-0.3, -0.25) is 0 Å². The molecule has 0 saturated heterocycles. The number of nitrogens with one attached hydrogen (secondary N) is 2. The first kappa shape index (κ1) is 12.4. The lowest BCUT2D eigenvalue weighted by Gasteiger charge is -2.14. The Bertz CT molecular complexity index is 414. The zero-order valence-corrected chi connectivity index (χ0v) is 11.5. The van der Waals surface area contributed by atoms with Gasteiger partial charge in [0, 0.05) is 16.2 Å². The van der Waals surface area contributed by atoms with E-state index >= 15 is 0 Å². The zero-order valence-electron chi connectivity index (χ0n) is 9.92. The topological polar surface area (TPSA) is 41.1 Å². The number of benzene rings is 1. The Morgan fingerprint density at radius 1 is 1.35 bits per heavy atom. The highest BCUT2D eigenvalue weighted by Crippen LogP contribution is 2.21. The van der Waals surface area contributed by atoms with Gasteiger partial charge in [0.25, 0.3) is 0 Å². The first-order valence-corrected chi connectivity index (χ1v) is 6.78. The van der Waals surface area contributed by atoms with E-state index < -0.39 is 0 Å². The summed E-state index contributed by atoms with van der Waals surface area (Å²) in [6, 6.07) is 6.09. The maximum atomic E-state index is 11.8. The van der Waals surface area contributed by atoms with Gasteiger partial charge in [-0.05, 0) is 43.5 Å². The number of aryl methyl sites for hydroxylation is 1. The smallest absolute Gasteiger partial charge is 0.319 e. The number of hydrogen-bond donors (Lipinski definition) is 2. The van der Waals surface area contributed by atoms with Crippen LogP contribution in [-0.4, -0.2) is 12.1 Å². The minimum absolute atomic E-state index is 0.0951. The van der Waals surface area contributed by atoms with E-state index in [1.807, 2.05) is 25.1 Å². The molecule has 0 unspecified atom stereocenters. The van der Waals surface area contributed by atoms with Crippen molar-refractivity contribution in [1.29, 1.82) is 0 Å². The van der Waals surface area contributed by atoms with E-state index in [2.05, 4.69) is 26.6 Å². The van der Waals surface area contributed by atoms with Crippen LogP contribution in [0.3, 0.4) is 0 Å². The molecular formula is C13H17BrN2O. The third-order valence-electron chi connectivity index (χ3n) is 3.13. The van der Waals surface area contributed by atoms with E-state index in [0.717, 1.165) is 28.6 Å². The predicted octanol–water partition coefficient (Wildman–Crippen LogP) is 3.82. The second-order valence-corrected chi connectivity index (χ2v) is 5.45. The Morgan fingerprint density at radius 3 is 2.71 bits per heavy atom. The molecule has 1 fully saturated rings. The van der Waals surface area contributed by atoms with E-state index in [4.69, 9.17) is 0 Å². The van der Waals surface area contributed by atoms with Crippen molar-refractivity contribution in [1.82, 2.24) is 5.32 Å². The Balaban J connectivity index is 1.93. The maximum absolute atomic E-state index is 11.8. The number of carbonyl (C=O) groups is 1. The van der Waals surface area contributed by atoms with Crippen molar-refractivity contribution in [2.45, 2.75) is 38.6 Å². The number of carbonyl (C=O) groups excluding carboxylic acids is 1. The third kappa shape index (κ3) is 3.46. The fourth-order valence-electron chi connectivity index (χ4n) is 2.18. The summed E-state index contributed by atoms with van der Waals surface area (Å²) < 4.78 is 1.02. The summed E-state index contributed by atoms with van der Waals surface area (Å²) in [5.41, 5.74) is 1.92. The van der Waals surface area contributed by atoms with Crippen LogP contribution in [0.1, 0.15) is 31.2 Å². The van der Waals surface area contributed by atoms with Crippen LogP contribution in [0.25, 0.3) is 0 Å². The van der Waals surface area contributed by atoms with Crippen molar-refractivity contribution in [3.05, 3.63) is 28.2 Å². The highest BCUT2D eigenvalue weighted by molar-refractivity contribution is 9.10. The lowest BCUT2D eigenvalue weighted by Crippen LogP contribution is -2.36. The molecule has 1 aromatic rings. The molecule has 2 N–H and O–H groups in total. The number of urea groups is 1. The van der Waals surface area contributed by atoms with Crippen molar-refractivity contribution in [3.63, 3.8) is 0 Å². The molecule has 2 rings (SSSR count). The third-order valence-corrected chi connectivity index (χ3v) is 3.62. The fraction of sp³-hybridized carbons (Fsp3) is 0.462. The molecule has 0 spiro atoms. The molecule has 0 aromatic heterocycles. The molecule has 0 atom stereocenters. The van der Waals surface area contributed by atoms with Crippen LogP contribution in [-0.2, 0) is 0 Å². The molecule has 1 aliphatic rings. The van der Waals surface area contributed by atoms with Crippen LogP contribution in [0.5, 0.6) is 0 Å². The summed E-state index contributed by atoms with van der Waals surface area (Å²) in [6.07, 6.45) is 4.66. The van der Waals surface area contributed by atoms with Crippen LogP contribution >= 0.6 is 15.9 Å². The van der Waals surface area contributed by atoms with Crippen molar-refractivity contribution < 1.29 is 4.79 Å². The molecule has 3 nitrogen and oxygen atoms in total. The highest BCUT2D eigenvalue weighted by Gasteiger charge is 2.17. The van der Waals surface area contributed by atoms with Gasteiger partial charge in [-0.2, -0.15) is 0 Å². The quantitative estimate of drug-likeness (QED) is 0.856. The molecule has 0 aliphatic heterocycles. The normalized spacial score (nSPS) is 15.9. The Kier molecular flexibility index (Phi) is 4.05. The van der Waals surface area contributed by atoms with Crippen LogP contribution < -0.4 is 10.6 Å². The first-order valence-electron chi connectivity index (χ1n) is 5.99. The van der Waals surface area contributed by atoms with Crippen molar-refractivity contribution >= 4 is 27.6 Å². The summed E-state index contributed by atoms with van der Waals surface area (Å²) in [5, 5.41) is 5.90. The van der Waals surface area contributed by atoms with E-state index in [9.17, 15) is 4.79 Å². The first-order chi connectivity index (χ1) is 8.15. The van der Waals surface area contributed by atoms with Gasteiger partial charge in [0.15, 0.2) is 0 Å². The van der Waals surface area contributed by atoms with Crippen molar-refractivity contribution in [2.75, 3.05) is 5.32 Å². The van der Waals surface area contributed by atoms with Gasteiger partial charge < -0.3 is 10.6 Å². The molecule has 1 aromatic carbocycles. The predicted molar refractivity (Wildman–Crippen MR) is 73.3 cm³/mol. The van der Waals surface area contributed by atoms with E-state index in [1.165, 1.54) is 12.8 Å². The van der Waals surface area contributed by atoms with Gasteiger partial charge in [-0.25, -0.2) is 4.79 Å². The number of rotatable bonds is 2. The second kappa shape index (κ2) is 5.54. The largest absolute Gasteiger partial charge is 0.335 e. The number of anilines is 1. The summed E-state index contributed by atoms with van der Waals surface area (Å²) in [7, 11) is 0. The molecule has 1 aliphatic carbocycles. The average molecular weight is 297 g/mol. The average Bonchev–Trinajstić information content (AvgIpc) is 2.75. The van der Waals surface area contributed by atoms with Gasteiger partial charge in [-0.1, -0.05) is 28.8 Å². The monoisotopic (exact) mass is 296 g/mol. The van der Waals surface area contributed by atoms with Crippen LogP contribution in [0.15, 0.2) is 22.7 Å². The molecule has 0 heterocycles. The standard InChI is InChI=1S/C13H17BrN2O/c1-9-8-10(14)6-7-12(9)16-13(17)15-11-4-2-3-5-11/h6-8,11H,2-5H2,1H3,(H2,15,16,17). The van der Waals surface area contributed by atoms with Gasteiger partial charge in [0.05, 0.1) is 0 Å². The number of halogens is 1. The Morgan fingerprint density at radius 2 is 2.06 bits per heavy atom. The summed E-state index contributed by atoms with van der Waals surface area (Å²) in [4.78, 5) is 11.8. The maximum Gasteiger partial charge on any atom is 0.319 e. The van der Waals surface area contributed by atoms with Gasteiger partial charge in [-0.15, -0.1) is 0 Å². The van der Waals surface area contributed by atoms with Gasteiger partial charge in [0.1, 0.15) is 0 Å². The number of hydrogen-bond acceptors (Lipinski definition) is 1. The van der Waals surface area contributed by atoms with Crippen molar-refractivity contribution in [3.8, 4) is 0 Å². The van der Waals surface area contributed by atoms with Crippen LogP contribution in [0.4, 0.5) is 10.5 Å². The molecule has 4 heteroatoms. The molecule has 1 saturated carbocycles. The molecule has 92 valence electrons. The molecule has 17 heavy (non-hydrogen) atoms. The van der Waals surface area contributed by atoms with Crippen molar-refractivity contribution in [2.24, 2.45) is 0 Å². The molecule has 2 amide bonds. The minimum Gasteiger partial charge on any atom is -0.335 e. The fourth-order valence-corrected chi connectivity index (χ4v) is 2.66. The zero-order chi connectivity index (χ0) is 12.3. The van der Waals surface area contributed by atoms with Gasteiger partial charge >= 0.3 is 6.03 Å². The van der Waals surface area contributed by atoms with E-state index in [1.54, 1.807) is 0 Å². The van der Waals surface area contributed by atoms with E-state index in [-0.39, 0.29) is 6.03 Å². The molecule has 0 radical (unpaired) electrons. The summed E-state index contributed by atoms with van der Waals surface area (Å²) in [6.45, 7) is 1.98. The minimum atomic E-state index is -0.0951. The lowest BCUT2D eigenvalue weighted by atomic mass is 10.2. The molecular weight excluding hydrogens is 280 g/mol. The Hall–Kier alpha value is -1.03. The summed E-state index contributed by atoms with van der Waals surface area (Å²) in [5.74, 6) is 0. The lowest BCUT2D eigenvalue weighted by molar-refractivity contribution is 0.248. The highest BCUT2D eigenvalue weighted by atomic mass is 79.9. The second-order valence-electron chi connectivity index (χ2n) is 4.54. The Labute approximate surface area is 110 Å².